The van der Waals surface area contributed by atoms with Crippen LogP contribution >= 0.6 is 0 Å². The third kappa shape index (κ3) is 2.75. The van der Waals surface area contributed by atoms with Gasteiger partial charge in [-0.3, -0.25) is 0 Å². The smallest absolute Gasteiger partial charge is 0.274 e. The lowest BCUT2D eigenvalue weighted by atomic mass is 10.0. The molecule has 0 aliphatic heterocycles. The van der Waals surface area contributed by atoms with E-state index < -0.39 is 11.5 Å². The van der Waals surface area contributed by atoms with Crippen LogP contribution in [0.1, 0.15) is 30.9 Å². The zero-order valence-electron chi connectivity index (χ0n) is 9.96. The second-order valence-corrected chi connectivity index (χ2v) is 4.82. The fourth-order valence-corrected chi connectivity index (χ4v) is 1.91. The van der Waals surface area contributed by atoms with Gasteiger partial charge in [-0.2, -0.15) is 0 Å². The number of hydrogen-bond acceptors (Lipinski definition) is 2. The summed E-state index contributed by atoms with van der Waals surface area (Å²) in [6.07, 6.45) is 1.92. The molecule has 1 saturated carbocycles. The van der Waals surface area contributed by atoms with Crippen molar-refractivity contribution < 1.29 is 18.6 Å². The van der Waals surface area contributed by atoms with E-state index in [4.69, 9.17) is 4.74 Å². The topological polar surface area (TPSA) is 29.5 Å². The van der Waals surface area contributed by atoms with Crippen molar-refractivity contribution in [2.75, 3.05) is 7.11 Å². The van der Waals surface area contributed by atoms with Gasteiger partial charge < -0.3 is 9.84 Å². The Morgan fingerprint density at radius 3 is 2.53 bits per heavy atom. The maximum atomic E-state index is 13.4. The minimum Gasteiger partial charge on any atom is -0.496 e. The monoisotopic (exact) mass is 242 g/mol. The van der Waals surface area contributed by atoms with Gasteiger partial charge in [0, 0.05) is 13.3 Å². The van der Waals surface area contributed by atoms with E-state index in [-0.39, 0.29) is 11.3 Å². The molecule has 1 aromatic rings. The molecule has 1 aliphatic carbocycles. The molecule has 0 radical (unpaired) electrons. The van der Waals surface area contributed by atoms with E-state index in [1.54, 1.807) is 6.07 Å². The fourth-order valence-electron chi connectivity index (χ4n) is 1.91. The number of benzene rings is 1. The quantitative estimate of drug-likeness (QED) is 0.879. The van der Waals surface area contributed by atoms with Crippen LogP contribution in [0.4, 0.5) is 8.78 Å². The van der Waals surface area contributed by atoms with Crippen LogP contribution in [0.5, 0.6) is 5.75 Å². The predicted molar refractivity (Wildman–Crippen MR) is 60.4 cm³/mol. The Morgan fingerprint density at radius 2 is 2.06 bits per heavy atom. The lowest BCUT2D eigenvalue weighted by Gasteiger charge is -2.17. The maximum absolute atomic E-state index is 13.4. The summed E-state index contributed by atoms with van der Waals surface area (Å²) in [6, 6.07) is 4.69. The molecule has 1 aromatic carbocycles. The van der Waals surface area contributed by atoms with Gasteiger partial charge in [0.05, 0.1) is 18.3 Å². The SMILES string of the molecule is COc1ccc(CC2(O)CC2)cc1C(C)(F)F. The summed E-state index contributed by atoms with van der Waals surface area (Å²) in [5, 5.41) is 9.78. The molecular formula is C13H16F2O2. The molecule has 2 rings (SSSR count). The average Bonchev–Trinajstić information content (AvgIpc) is 2.95. The van der Waals surface area contributed by atoms with Crippen molar-refractivity contribution >= 4 is 0 Å². The Morgan fingerprint density at radius 1 is 1.41 bits per heavy atom. The molecule has 0 aromatic heterocycles. The fraction of sp³-hybridized carbons (Fsp3) is 0.538. The summed E-state index contributed by atoms with van der Waals surface area (Å²) in [7, 11) is 1.37. The summed E-state index contributed by atoms with van der Waals surface area (Å²) in [4.78, 5) is 0. The highest BCUT2D eigenvalue weighted by atomic mass is 19.3. The van der Waals surface area contributed by atoms with E-state index in [1.807, 2.05) is 0 Å². The lowest BCUT2D eigenvalue weighted by Crippen LogP contribution is -2.13. The average molecular weight is 242 g/mol. The van der Waals surface area contributed by atoms with Crippen LogP contribution in [0.25, 0.3) is 0 Å². The maximum Gasteiger partial charge on any atom is 0.274 e. The number of methoxy groups -OCH3 is 1. The molecule has 0 saturated heterocycles. The van der Waals surface area contributed by atoms with Crippen LogP contribution in [0.2, 0.25) is 0 Å². The molecule has 4 heteroatoms. The van der Waals surface area contributed by atoms with Crippen LogP contribution < -0.4 is 4.74 Å². The molecule has 17 heavy (non-hydrogen) atoms. The van der Waals surface area contributed by atoms with Crippen molar-refractivity contribution in [3.8, 4) is 5.75 Å². The van der Waals surface area contributed by atoms with Crippen molar-refractivity contribution in [1.82, 2.24) is 0 Å². The first-order valence-electron chi connectivity index (χ1n) is 5.62. The van der Waals surface area contributed by atoms with E-state index in [0.717, 1.165) is 25.3 Å². The van der Waals surface area contributed by atoms with E-state index in [9.17, 15) is 13.9 Å². The Kier molecular flexibility index (Phi) is 2.86. The molecule has 0 heterocycles. The van der Waals surface area contributed by atoms with Crippen LogP contribution in [0.3, 0.4) is 0 Å². The summed E-state index contributed by atoms with van der Waals surface area (Å²) in [6.45, 7) is 0.848. The molecule has 1 fully saturated rings. The van der Waals surface area contributed by atoms with Gasteiger partial charge in [-0.05, 0) is 30.5 Å². The van der Waals surface area contributed by atoms with Gasteiger partial charge >= 0.3 is 0 Å². The number of halogens is 2. The Bertz CT molecular complexity index is 420. The van der Waals surface area contributed by atoms with Crippen LogP contribution in [0, 0.1) is 0 Å². The van der Waals surface area contributed by atoms with Gasteiger partial charge in [0.1, 0.15) is 5.75 Å². The second kappa shape index (κ2) is 3.95. The summed E-state index contributed by atoms with van der Waals surface area (Å²) >= 11 is 0. The van der Waals surface area contributed by atoms with Gasteiger partial charge in [-0.1, -0.05) is 6.07 Å². The molecule has 94 valence electrons. The number of rotatable bonds is 4. The molecular weight excluding hydrogens is 226 g/mol. The number of alkyl halides is 2. The van der Waals surface area contributed by atoms with Crippen molar-refractivity contribution in [3.63, 3.8) is 0 Å². The van der Waals surface area contributed by atoms with Crippen molar-refractivity contribution in [3.05, 3.63) is 29.3 Å². The van der Waals surface area contributed by atoms with Gasteiger partial charge in [0.2, 0.25) is 0 Å². The highest BCUT2D eigenvalue weighted by Crippen LogP contribution is 2.40. The second-order valence-electron chi connectivity index (χ2n) is 4.82. The first kappa shape index (κ1) is 12.3. The molecule has 1 N–H and O–H groups in total. The predicted octanol–water partition coefficient (Wildman–Crippen LogP) is 2.87. The molecule has 0 amide bonds. The highest BCUT2D eigenvalue weighted by molar-refractivity contribution is 5.40. The van der Waals surface area contributed by atoms with Gasteiger partial charge in [-0.25, -0.2) is 8.78 Å². The van der Waals surface area contributed by atoms with Crippen molar-refractivity contribution in [1.29, 1.82) is 0 Å². The van der Waals surface area contributed by atoms with Crippen LogP contribution in [-0.4, -0.2) is 17.8 Å². The zero-order chi connectivity index (χ0) is 12.7. The van der Waals surface area contributed by atoms with Gasteiger partial charge in [0.15, 0.2) is 0 Å². The van der Waals surface area contributed by atoms with Gasteiger partial charge in [0.25, 0.3) is 5.92 Å². The minimum absolute atomic E-state index is 0.123. The molecule has 0 spiro atoms. The van der Waals surface area contributed by atoms with E-state index >= 15 is 0 Å². The Hall–Kier alpha value is -1.16. The third-order valence-electron chi connectivity index (χ3n) is 3.10. The largest absolute Gasteiger partial charge is 0.496 e. The molecule has 0 unspecified atom stereocenters. The minimum atomic E-state index is -2.94. The zero-order valence-corrected chi connectivity index (χ0v) is 9.96. The normalized spacial score (nSPS) is 17.9. The highest BCUT2D eigenvalue weighted by Gasteiger charge is 2.40. The Labute approximate surface area is 99.2 Å². The summed E-state index contributed by atoms with van der Waals surface area (Å²) < 4.78 is 31.7. The van der Waals surface area contributed by atoms with Crippen molar-refractivity contribution in [2.45, 2.75) is 37.7 Å². The molecule has 1 aliphatic rings. The standard InChI is InChI=1S/C13H16F2O2/c1-12(14,15)10-7-9(3-4-11(10)17-2)8-13(16)5-6-13/h3-4,7,16H,5-6,8H2,1-2H3. The van der Waals surface area contributed by atoms with E-state index in [2.05, 4.69) is 0 Å². The molecule has 0 bridgehead atoms. The van der Waals surface area contributed by atoms with Crippen molar-refractivity contribution in [2.24, 2.45) is 0 Å². The first-order valence-corrected chi connectivity index (χ1v) is 5.62. The third-order valence-corrected chi connectivity index (χ3v) is 3.10. The molecule has 2 nitrogen and oxygen atoms in total. The first-order chi connectivity index (χ1) is 7.84. The van der Waals surface area contributed by atoms with Gasteiger partial charge in [-0.15, -0.1) is 0 Å². The van der Waals surface area contributed by atoms with Crippen LogP contribution in [0.15, 0.2) is 18.2 Å². The number of aliphatic hydroxyl groups is 1. The number of hydrogen-bond donors (Lipinski definition) is 1. The molecule has 0 atom stereocenters. The van der Waals surface area contributed by atoms with Crippen LogP contribution in [-0.2, 0) is 12.3 Å². The van der Waals surface area contributed by atoms with E-state index in [1.165, 1.54) is 19.2 Å². The van der Waals surface area contributed by atoms with E-state index in [0.29, 0.717) is 6.42 Å². The summed E-state index contributed by atoms with van der Waals surface area (Å²) in [5.74, 6) is -2.75. The number of ether oxygens (including phenoxy) is 1. The summed E-state index contributed by atoms with van der Waals surface area (Å²) in [5.41, 5.74) is -0.0707. The lowest BCUT2D eigenvalue weighted by molar-refractivity contribution is 0.0149. The Balaban J connectivity index is 2.31.